The van der Waals surface area contributed by atoms with Gasteiger partial charge in [-0.05, 0) is 24.2 Å². The van der Waals surface area contributed by atoms with Crippen molar-refractivity contribution in [1.82, 2.24) is 4.90 Å². The summed E-state index contributed by atoms with van der Waals surface area (Å²) in [6.45, 7) is 3.09. The van der Waals surface area contributed by atoms with Gasteiger partial charge in [0, 0.05) is 6.54 Å². The molecular weight excluding hydrogens is 272 g/mol. The molecule has 0 bridgehead atoms. The molecule has 2 rings (SSSR count). The summed E-state index contributed by atoms with van der Waals surface area (Å²) in [4.78, 5) is 14.0. The topological polar surface area (TPSA) is 20.3 Å². The Morgan fingerprint density at radius 1 is 1.00 bits per heavy atom. The molecule has 0 saturated heterocycles. The molecule has 0 spiro atoms. The van der Waals surface area contributed by atoms with Gasteiger partial charge in [-0.3, -0.25) is 9.69 Å². The second-order valence-electron chi connectivity index (χ2n) is 4.81. The smallest absolute Gasteiger partial charge is 0.182 e. The van der Waals surface area contributed by atoms with E-state index >= 15 is 0 Å². The maximum absolute atomic E-state index is 13.6. The fraction of sp³-hybridized carbons (Fsp3) is 0.235. The van der Waals surface area contributed by atoms with Crippen LogP contribution >= 0.6 is 0 Å². The molecule has 2 aromatic carbocycles. The van der Waals surface area contributed by atoms with Crippen LogP contribution < -0.4 is 0 Å². The quantitative estimate of drug-likeness (QED) is 0.756. The molecule has 21 heavy (non-hydrogen) atoms. The van der Waals surface area contributed by atoms with E-state index in [1.807, 2.05) is 42.2 Å². The van der Waals surface area contributed by atoms with Crippen molar-refractivity contribution in [2.75, 3.05) is 13.1 Å². The Morgan fingerprint density at radius 2 is 1.62 bits per heavy atom. The van der Waals surface area contributed by atoms with Crippen LogP contribution in [0.2, 0.25) is 0 Å². The van der Waals surface area contributed by atoms with Crippen LogP contribution in [0.25, 0.3) is 0 Å². The summed E-state index contributed by atoms with van der Waals surface area (Å²) >= 11 is 0. The normalized spacial score (nSPS) is 10.9. The SMILES string of the molecule is CCN(CC(=O)c1c(F)cccc1F)Cc1ccccc1. The Hall–Kier alpha value is -2.07. The van der Waals surface area contributed by atoms with Gasteiger partial charge >= 0.3 is 0 Å². The third-order valence-electron chi connectivity index (χ3n) is 3.31. The van der Waals surface area contributed by atoms with Crippen molar-refractivity contribution >= 4 is 5.78 Å². The Balaban J connectivity index is 2.10. The van der Waals surface area contributed by atoms with Crippen LogP contribution in [0.5, 0.6) is 0 Å². The molecular formula is C17H17F2NO. The lowest BCUT2D eigenvalue weighted by Gasteiger charge is -2.19. The largest absolute Gasteiger partial charge is 0.292 e. The zero-order valence-corrected chi connectivity index (χ0v) is 11.9. The molecule has 0 aliphatic carbocycles. The van der Waals surface area contributed by atoms with E-state index in [9.17, 15) is 13.6 Å². The minimum absolute atomic E-state index is 0.0107. The Morgan fingerprint density at radius 3 is 2.19 bits per heavy atom. The van der Waals surface area contributed by atoms with Crippen molar-refractivity contribution in [3.05, 3.63) is 71.3 Å². The van der Waals surface area contributed by atoms with Crippen LogP contribution in [0.4, 0.5) is 8.78 Å². The lowest BCUT2D eigenvalue weighted by molar-refractivity contribution is 0.0921. The van der Waals surface area contributed by atoms with E-state index < -0.39 is 23.0 Å². The van der Waals surface area contributed by atoms with Gasteiger partial charge < -0.3 is 0 Å². The van der Waals surface area contributed by atoms with E-state index in [0.717, 1.165) is 17.7 Å². The highest BCUT2D eigenvalue weighted by atomic mass is 19.1. The maximum Gasteiger partial charge on any atom is 0.182 e. The first-order valence-corrected chi connectivity index (χ1v) is 6.85. The van der Waals surface area contributed by atoms with Crippen LogP contribution in [0, 0.1) is 11.6 Å². The van der Waals surface area contributed by atoms with Crippen LogP contribution in [0.3, 0.4) is 0 Å². The number of hydrogen-bond donors (Lipinski definition) is 0. The molecule has 2 nitrogen and oxygen atoms in total. The van der Waals surface area contributed by atoms with Gasteiger partial charge in [-0.25, -0.2) is 8.78 Å². The fourth-order valence-corrected chi connectivity index (χ4v) is 2.17. The number of carbonyl (C=O) groups excluding carboxylic acids is 1. The summed E-state index contributed by atoms with van der Waals surface area (Å²) < 4.78 is 27.2. The van der Waals surface area contributed by atoms with E-state index in [4.69, 9.17) is 0 Å². The maximum atomic E-state index is 13.6. The predicted molar refractivity (Wildman–Crippen MR) is 78.1 cm³/mol. The number of nitrogens with zero attached hydrogens (tertiary/aromatic N) is 1. The predicted octanol–water partition coefficient (Wildman–Crippen LogP) is 3.67. The molecule has 0 amide bonds. The van der Waals surface area contributed by atoms with Crippen molar-refractivity contribution in [2.45, 2.75) is 13.5 Å². The number of Topliss-reactive ketones (excluding diaryl/α,β-unsaturated/α-hetero) is 1. The highest BCUT2D eigenvalue weighted by molar-refractivity contribution is 5.98. The van der Waals surface area contributed by atoms with Gasteiger partial charge in [-0.2, -0.15) is 0 Å². The van der Waals surface area contributed by atoms with Gasteiger partial charge in [-0.15, -0.1) is 0 Å². The average Bonchev–Trinajstić information content (AvgIpc) is 2.47. The Labute approximate surface area is 123 Å². The number of rotatable bonds is 6. The molecule has 0 heterocycles. The van der Waals surface area contributed by atoms with Crippen LogP contribution in [-0.2, 0) is 6.54 Å². The molecule has 0 fully saturated rings. The molecule has 0 aliphatic heterocycles. The lowest BCUT2D eigenvalue weighted by atomic mass is 10.1. The molecule has 4 heteroatoms. The minimum Gasteiger partial charge on any atom is -0.292 e. The minimum atomic E-state index is -0.809. The summed E-state index contributed by atoms with van der Waals surface area (Å²) in [5.41, 5.74) is 0.602. The van der Waals surface area contributed by atoms with Gasteiger partial charge in [0.1, 0.15) is 11.6 Å². The molecule has 0 aromatic heterocycles. The molecule has 0 unspecified atom stereocenters. The summed E-state index contributed by atoms with van der Waals surface area (Å²) in [6, 6.07) is 13.1. The lowest BCUT2D eigenvalue weighted by Crippen LogP contribution is -2.30. The van der Waals surface area contributed by atoms with Crippen LogP contribution in [0.1, 0.15) is 22.8 Å². The van der Waals surface area contributed by atoms with E-state index in [-0.39, 0.29) is 6.54 Å². The van der Waals surface area contributed by atoms with Crippen molar-refractivity contribution in [1.29, 1.82) is 0 Å². The van der Waals surface area contributed by atoms with E-state index in [0.29, 0.717) is 13.1 Å². The van der Waals surface area contributed by atoms with Crippen LogP contribution in [-0.4, -0.2) is 23.8 Å². The highest BCUT2D eigenvalue weighted by Gasteiger charge is 2.19. The molecule has 110 valence electrons. The number of carbonyl (C=O) groups is 1. The van der Waals surface area contributed by atoms with Crippen molar-refractivity contribution in [3.8, 4) is 0 Å². The second kappa shape index (κ2) is 7.09. The van der Waals surface area contributed by atoms with E-state index in [2.05, 4.69) is 0 Å². The van der Waals surface area contributed by atoms with Gasteiger partial charge in [0.05, 0.1) is 12.1 Å². The summed E-state index contributed by atoms with van der Waals surface area (Å²) in [7, 11) is 0. The summed E-state index contributed by atoms with van der Waals surface area (Å²) in [5, 5.41) is 0. The zero-order valence-electron chi connectivity index (χ0n) is 11.9. The highest BCUT2D eigenvalue weighted by Crippen LogP contribution is 2.14. The first-order valence-electron chi connectivity index (χ1n) is 6.85. The van der Waals surface area contributed by atoms with Crippen molar-refractivity contribution in [2.24, 2.45) is 0 Å². The van der Waals surface area contributed by atoms with Gasteiger partial charge in [0.2, 0.25) is 0 Å². The number of ketones is 1. The number of hydrogen-bond acceptors (Lipinski definition) is 2. The Bertz CT molecular complexity index is 593. The van der Waals surface area contributed by atoms with Crippen molar-refractivity contribution < 1.29 is 13.6 Å². The van der Waals surface area contributed by atoms with Gasteiger partial charge in [-0.1, -0.05) is 43.3 Å². The Kier molecular flexibility index (Phi) is 5.17. The summed E-state index contributed by atoms with van der Waals surface area (Å²) in [5.74, 6) is -2.16. The first kappa shape index (κ1) is 15.3. The van der Waals surface area contributed by atoms with Crippen molar-refractivity contribution in [3.63, 3.8) is 0 Å². The molecule has 0 radical (unpaired) electrons. The first-order chi connectivity index (χ1) is 10.1. The summed E-state index contributed by atoms with van der Waals surface area (Å²) in [6.07, 6.45) is 0. The van der Waals surface area contributed by atoms with Gasteiger partial charge in [0.25, 0.3) is 0 Å². The molecule has 0 N–H and O–H groups in total. The molecule has 0 saturated carbocycles. The monoisotopic (exact) mass is 289 g/mol. The van der Waals surface area contributed by atoms with E-state index in [1.165, 1.54) is 6.07 Å². The third kappa shape index (κ3) is 3.95. The zero-order chi connectivity index (χ0) is 15.2. The third-order valence-corrected chi connectivity index (χ3v) is 3.31. The molecule has 2 aromatic rings. The van der Waals surface area contributed by atoms with E-state index in [1.54, 1.807) is 0 Å². The average molecular weight is 289 g/mol. The second-order valence-corrected chi connectivity index (χ2v) is 4.81. The number of likely N-dealkylation sites (N-methyl/N-ethyl adjacent to an activating group) is 1. The van der Waals surface area contributed by atoms with Gasteiger partial charge in [0.15, 0.2) is 5.78 Å². The standard InChI is InChI=1S/C17H17F2NO/c1-2-20(11-13-7-4-3-5-8-13)12-16(21)17-14(18)9-6-10-15(17)19/h3-10H,2,11-12H2,1H3. The molecule has 0 atom stereocenters. The number of benzene rings is 2. The van der Waals surface area contributed by atoms with Crippen LogP contribution in [0.15, 0.2) is 48.5 Å². The number of halogens is 2. The molecule has 0 aliphatic rings. The fourth-order valence-electron chi connectivity index (χ4n) is 2.17.